The van der Waals surface area contributed by atoms with E-state index in [9.17, 15) is 14.4 Å². The highest BCUT2D eigenvalue weighted by Gasteiger charge is 2.41. The van der Waals surface area contributed by atoms with Gasteiger partial charge in [0.25, 0.3) is 0 Å². The lowest BCUT2D eigenvalue weighted by molar-refractivity contribution is -0.140. The Bertz CT molecular complexity index is 883. The van der Waals surface area contributed by atoms with Crippen LogP contribution >= 0.6 is 0 Å². The first kappa shape index (κ1) is 20.6. The number of allylic oxidation sites excluding steroid dienone is 2. The number of carbonyl (C=O) groups is 3. The van der Waals surface area contributed by atoms with Gasteiger partial charge in [-0.15, -0.1) is 0 Å². The number of carbonyl (C=O) groups excluding carboxylic acids is 3. The maximum absolute atomic E-state index is 12.8. The van der Waals surface area contributed by atoms with Gasteiger partial charge in [-0.25, -0.2) is 9.59 Å². The van der Waals surface area contributed by atoms with Crippen LogP contribution in [-0.2, 0) is 28.5 Å². The Balaban J connectivity index is 2.03. The molecule has 1 aliphatic carbocycles. The van der Waals surface area contributed by atoms with Gasteiger partial charge in [-0.3, -0.25) is 4.79 Å². The molecule has 0 saturated heterocycles. The van der Waals surface area contributed by atoms with Crippen LogP contribution in [0.25, 0.3) is 0 Å². The molecule has 1 atom stereocenters. The topological polar surface area (TPSA) is 114 Å². The molecule has 8 heteroatoms. The van der Waals surface area contributed by atoms with Crippen LogP contribution in [0.1, 0.15) is 41.1 Å². The Hall–Kier alpha value is -3.13. The molecule has 0 saturated carbocycles. The van der Waals surface area contributed by atoms with Gasteiger partial charge in [0.15, 0.2) is 5.78 Å². The largest absolute Gasteiger partial charge is 0.465 e. The quantitative estimate of drug-likeness (QED) is 0.568. The molecular weight excluding hydrogens is 378 g/mol. The number of benzene rings is 1. The summed E-state index contributed by atoms with van der Waals surface area (Å²) in [7, 11) is 2.79. The van der Waals surface area contributed by atoms with Crippen LogP contribution in [0.2, 0.25) is 0 Å². The van der Waals surface area contributed by atoms with Crippen molar-refractivity contribution in [1.82, 2.24) is 0 Å². The van der Waals surface area contributed by atoms with Gasteiger partial charge in [-0.2, -0.15) is 0 Å². The fourth-order valence-corrected chi connectivity index (χ4v) is 3.51. The van der Waals surface area contributed by atoms with E-state index in [1.165, 1.54) is 14.2 Å². The zero-order valence-corrected chi connectivity index (χ0v) is 16.4. The zero-order valence-electron chi connectivity index (χ0n) is 16.4. The molecule has 0 unspecified atom stereocenters. The molecular formula is C21H23NO7. The summed E-state index contributed by atoms with van der Waals surface area (Å²) < 4.78 is 20.5. The van der Waals surface area contributed by atoms with Gasteiger partial charge in [0.2, 0.25) is 5.88 Å². The summed E-state index contributed by atoms with van der Waals surface area (Å²) in [5.41, 5.74) is 7.54. The van der Waals surface area contributed by atoms with E-state index in [4.69, 9.17) is 24.7 Å². The van der Waals surface area contributed by atoms with Crippen molar-refractivity contribution in [2.24, 2.45) is 5.73 Å². The second kappa shape index (κ2) is 8.91. The molecule has 2 aliphatic rings. The number of Topliss-reactive ketones (excluding diaryl/α,β-unsaturated/α-hetero) is 1. The average Bonchev–Trinajstić information content (AvgIpc) is 2.72. The average molecular weight is 401 g/mol. The predicted molar refractivity (Wildman–Crippen MR) is 102 cm³/mol. The van der Waals surface area contributed by atoms with Gasteiger partial charge < -0.3 is 24.7 Å². The van der Waals surface area contributed by atoms with Gasteiger partial charge in [0.1, 0.15) is 17.9 Å². The van der Waals surface area contributed by atoms with Crippen molar-refractivity contribution in [3.63, 3.8) is 0 Å². The lowest BCUT2D eigenvalue weighted by atomic mass is 9.77. The smallest absolute Gasteiger partial charge is 0.340 e. The fourth-order valence-electron chi connectivity index (χ4n) is 3.51. The SMILES string of the molecule is COCCOC(=O)C1=C(N)OC2=C(C(=O)CCC2)[C@H]1c1ccc(C(=O)OC)cc1. The van der Waals surface area contributed by atoms with Crippen LogP contribution in [0.5, 0.6) is 0 Å². The molecule has 1 aliphatic heterocycles. The highest BCUT2D eigenvalue weighted by atomic mass is 16.6. The van der Waals surface area contributed by atoms with E-state index < -0.39 is 17.9 Å². The number of ketones is 1. The van der Waals surface area contributed by atoms with Gasteiger partial charge >= 0.3 is 11.9 Å². The third-order valence-corrected chi connectivity index (χ3v) is 4.89. The molecule has 154 valence electrons. The van der Waals surface area contributed by atoms with Crippen LogP contribution in [0.3, 0.4) is 0 Å². The van der Waals surface area contributed by atoms with Crippen molar-refractivity contribution in [3.8, 4) is 0 Å². The lowest BCUT2D eigenvalue weighted by Gasteiger charge is -2.32. The van der Waals surface area contributed by atoms with E-state index in [0.29, 0.717) is 41.7 Å². The summed E-state index contributed by atoms with van der Waals surface area (Å²) in [6.45, 7) is 0.269. The summed E-state index contributed by atoms with van der Waals surface area (Å²) in [6, 6.07) is 6.50. The fraction of sp³-hybridized carbons (Fsp3) is 0.381. The number of ether oxygens (including phenoxy) is 4. The molecule has 2 N–H and O–H groups in total. The number of methoxy groups -OCH3 is 2. The number of rotatable bonds is 6. The van der Waals surface area contributed by atoms with E-state index in [1.807, 2.05) is 0 Å². The first-order valence-corrected chi connectivity index (χ1v) is 9.26. The number of esters is 2. The molecule has 0 spiro atoms. The van der Waals surface area contributed by atoms with E-state index >= 15 is 0 Å². The minimum atomic E-state index is -0.728. The molecule has 0 bridgehead atoms. The van der Waals surface area contributed by atoms with Crippen molar-refractivity contribution in [2.75, 3.05) is 27.4 Å². The Morgan fingerprint density at radius 2 is 1.83 bits per heavy atom. The maximum atomic E-state index is 12.8. The van der Waals surface area contributed by atoms with Crippen LogP contribution < -0.4 is 5.73 Å². The predicted octanol–water partition coefficient (Wildman–Crippen LogP) is 1.95. The summed E-state index contributed by atoms with van der Waals surface area (Å²) in [4.78, 5) is 37.2. The van der Waals surface area contributed by atoms with Crippen molar-refractivity contribution < 1.29 is 33.3 Å². The van der Waals surface area contributed by atoms with E-state index in [0.717, 1.165) is 0 Å². The van der Waals surface area contributed by atoms with Crippen molar-refractivity contribution in [2.45, 2.75) is 25.2 Å². The minimum absolute atomic E-state index is 0.0416. The van der Waals surface area contributed by atoms with Gasteiger partial charge in [-0.05, 0) is 24.1 Å². The molecule has 0 amide bonds. The molecule has 1 heterocycles. The van der Waals surface area contributed by atoms with E-state index in [1.54, 1.807) is 24.3 Å². The zero-order chi connectivity index (χ0) is 21.0. The number of hydrogen-bond donors (Lipinski definition) is 1. The summed E-state index contributed by atoms with van der Waals surface area (Å²) in [6.07, 6.45) is 1.59. The van der Waals surface area contributed by atoms with Gasteiger partial charge in [-0.1, -0.05) is 12.1 Å². The first-order valence-electron chi connectivity index (χ1n) is 9.26. The lowest BCUT2D eigenvalue weighted by Crippen LogP contribution is -2.31. The van der Waals surface area contributed by atoms with Crippen LogP contribution in [0, 0.1) is 0 Å². The van der Waals surface area contributed by atoms with Crippen molar-refractivity contribution in [3.05, 3.63) is 58.2 Å². The van der Waals surface area contributed by atoms with Crippen LogP contribution in [-0.4, -0.2) is 45.2 Å². The molecule has 0 fully saturated rings. The van der Waals surface area contributed by atoms with Crippen molar-refractivity contribution in [1.29, 1.82) is 0 Å². The number of nitrogens with two attached hydrogens (primary N) is 1. The highest BCUT2D eigenvalue weighted by molar-refractivity contribution is 6.03. The number of hydrogen-bond acceptors (Lipinski definition) is 8. The van der Waals surface area contributed by atoms with E-state index in [-0.39, 0.29) is 30.5 Å². The monoisotopic (exact) mass is 401 g/mol. The van der Waals surface area contributed by atoms with Crippen LogP contribution in [0.15, 0.2) is 47.1 Å². The molecule has 29 heavy (non-hydrogen) atoms. The second-order valence-corrected chi connectivity index (χ2v) is 6.67. The second-order valence-electron chi connectivity index (χ2n) is 6.67. The highest BCUT2D eigenvalue weighted by Crippen LogP contribution is 2.44. The normalized spacial score (nSPS) is 18.8. The summed E-state index contributed by atoms with van der Waals surface area (Å²) in [5.74, 6) is -1.58. The Kier molecular flexibility index (Phi) is 6.33. The van der Waals surface area contributed by atoms with Crippen molar-refractivity contribution >= 4 is 17.7 Å². The third-order valence-electron chi connectivity index (χ3n) is 4.89. The standard InChI is InChI=1S/C21H23NO7/c1-26-10-11-28-21(25)18-16(12-6-8-13(9-7-12)20(24)27-2)17-14(23)4-3-5-15(17)29-19(18)22/h6-9,16H,3-5,10-11,22H2,1-2H3/t16-/m1/s1. The van der Waals surface area contributed by atoms with Crippen LogP contribution in [0.4, 0.5) is 0 Å². The molecule has 0 radical (unpaired) electrons. The molecule has 1 aromatic rings. The third kappa shape index (κ3) is 4.17. The molecule has 1 aromatic carbocycles. The molecule has 8 nitrogen and oxygen atoms in total. The van der Waals surface area contributed by atoms with Gasteiger partial charge in [0.05, 0.1) is 25.2 Å². The summed E-state index contributed by atoms with van der Waals surface area (Å²) in [5, 5.41) is 0. The summed E-state index contributed by atoms with van der Waals surface area (Å²) >= 11 is 0. The first-order chi connectivity index (χ1) is 14.0. The molecule has 3 rings (SSSR count). The van der Waals surface area contributed by atoms with Gasteiger partial charge in [0, 0.05) is 25.5 Å². The maximum Gasteiger partial charge on any atom is 0.340 e. The minimum Gasteiger partial charge on any atom is -0.465 e. The Morgan fingerprint density at radius 3 is 2.48 bits per heavy atom. The Morgan fingerprint density at radius 1 is 1.10 bits per heavy atom. The molecule has 0 aromatic heterocycles. The van der Waals surface area contributed by atoms with E-state index in [2.05, 4.69) is 0 Å². The Labute approximate surface area is 168 Å².